The Morgan fingerprint density at radius 3 is 2.79 bits per heavy atom. The van der Waals surface area contributed by atoms with Crippen LogP contribution in [0.2, 0.25) is 0 Å². The van der Waals surface area contributed by atoms with Gasteiger partial charge < -0.3 is 14.9 Å². The molecule has 0 aliphatic rings. The first-order valence-electron chi connectivity index (χ1n) is 6.33. The Morgan fingerprint density at radius 2 is 2.16 bits per heavy atom. The van der Waals surface area contributed by atoms with Crippen LogP contribution in [0.5, 0.6) is 5.75 Å². The van der Waals surface area contributed by atoms with Gasteiger partial charge in [-0.1, -0.05) is 13.0 Å². The van der Waals surface area contributed by atoms with E-state index in [1.165, 1.54) is 6.07 Å². The zero-order chi connectivity index (χ0) is 13.8. The number of furan rings is 1. The highest BCUT2D eigenvalue weighted by atomic mass is 19.1. The van der Waals surface area contributed by atoms with Crippen molar-refractivity contribution in [3.05, 3.63) is 53.7 Å². The predicted octanol–water partition coefficient (Wildman–Crippen LogP) is 3.58. The number of aryl methyl sites for hydroxylation is 1. The van der Waals surface area contributed by atoms with E-state index in [4.69, 9.17) is 14.9 Å². The molecular weight excluding hydrogens is 245 g/mol. The zero-order valence-corrected chi connectivity index (χ0v) is 11.1. The van der Waals surface area contributed by atoms with E-state index in [0.29, 0.717) is 12.2 Å². The molecule has 4 heteroatoms. The lowest BCUT2D eigenvalue weighted by atomic mass is 10.1. The summed E-state index contributed by atoms with van der Waals surface area (Å²) in [5, 5.41) is 0. The molecule has 2 rings (SSSR count). The fourth-order valence-corrected chi connectivity index (χ4v) is 1.86. The SMILES string of the molecule is CCC(N)C(Oc1cc(C)ccc1F)c1ccco1. The number of ether oxygens (including phenoxy) is 1. The van der Waals surface area contributed by atoms with Crippen LogP contribution >= 0.6 is 0 Å². The van der Waals surface area contributed by atoms with E-state index >= 15 is 0 Å². The molecule has 1 aromatic heterocycles. The molecule has 0 radical (unpaired) electrons. The van der Waals surface area contributed by atoms with Crippen LogP contribution in [0.25, 0.3) is 0 Å². The monoisotopic (exact) mass is 263 g/mol. The summed E-state index contributed by atoms with van der Waals surface area (Å²) < 4.78 is 24.8. The molecule has 0 amide bonds. The number of halogens is 1. The van der Waals surface area contributed by atoms with Gasteiger partial charge >= 0.3 is 0 Å². The van der Waals surface area contributed by atoms with Crippen LogP contribution < -0.4 is 10.5 Å². The third-order valence-corrected chi connectivity index (χ3v) is 3.02. The second kappa shape index (κ2) is 5.89. The number of rotatable bonds is 5. The number of benzene rings is 1. The first kappa shape index (κ1) is 13.6. The maximum atomic E-state index is 13.7. The van der Waals surface area contributed by atoms with Crippen LogP contribution in [0.3, 0.4) is 0 Å². The molecular formula is C15H18FNO2. The van der Waals surface area contributed by atoms with Crippen molar-refractivity contribution < 1.29 is 13.5 Å². The fourth-order valence-electron chi connectivity index (χ4n) is 1.86. The molecule has 2 N–H and O–H groups in total. The number of nitrogens with two attached hydrogens (primary N) is 1. The summed E-state index contributed by atoms with van der Waals surface area (Å²) in [6, 6.07) is 8.04. The Balaban J connectivity index is 2.28. The molecule has 2 unspecified atom stereocenters. The van der Waals surface area contributed by atoms with Gasteiger partial charge in [0.2, 0.25) is 0 Å². The van der Waals surface area contributed by atoms with Crippen molar-refractivity contribution in [3.63, 3.8) is 0 Å². The van der Waals surface area contributed by atoms with Crippen LogP contribution in [-0.4, -0.2) is 6.04 Å². The summed E-state index contributed by atoms with van der Waals surface area (Å²) in [5.74, 6) is 0.408. The molecule has 0 aliphatic carbocycles. The molecule has 2 aromatic rings. The van der Waals surface area contributed by atoms with Gasteiger partial charge in [0, 0.05) is 6.04 Å². The number of hydrogen-bond donors (Lipinski definition) is 1. The van der Waals surface area contributed by atoms with Crippen molar-refractivity contribution >= 4 is 0 Å². The molecule has 1 aromatic carbocycles. The van der Waals surface area contributed by atoms with Gasteiger partial charge in [-0.2, -0.15) is 0 Å². The third-order valence-electron chi connectivity index (χ3n) is 3.02. The van der Waals surface area contributed by atoms with E-state index in [1.807, 2.05) is 13.8 Å². The summed E-state index contributed by atoms with van der Waals surface area (Å²) in [7, 11) is 0. The lowest BCUT2D eigenvalue weighted by molar-refractivity contribution is 0.138. The van der Waals surface area contributed by atoms with Gasteiger partial charge in [0.25, 0.3) is 0 Å². The maximum absolute atomic E-state index is 13.7. The van der Waals surface area contributed by atoms with Gasteiger partial charge in [-0.3, -0.25) is 0 Å². The Hall–Kier alpha value is -1.81. The average molecular weight is 263 g/mol. The van der Waals surface area contributed by atoms with Crippen molar-refractivity contribution in [3.8, 4) is 5.75 Å². The summed E-state index contributed by atoms with van der Waals surface area (Å²) in [6.07, 6.45) is 1.77. The molecule has 2 atom stereocenters. The maximum Gasteiger partial charge on any atom is 0.171 e. The molecule has 0 saturated carbocycles. The van der Waals surface area contributed by atoms with E-state index in [0.717, 1.165) is 5.56 Å². The Morgan fingerprint density at radius 1 is 1.37 bits per heavy atom. The van der Waals surface area contributed by atoms with Crippen molar-refractivity contribution in [2.45, 2.75) is 32.4 Å². The summed E-state index contributed by atoms with van der Waals surface area (Å²) in [4.78, 5) is 0. The minimum atomic E-state index is -0.490. The van der Waals surface area contributed by atoms with Crippen LogP contribution in [-0.2, 0) is 0 Å². The van der Waals surface area contributed by atoms with Crippen molar-refractivity contribution in [2.75, 3.05) is 0 Å². The summed E-state index contributed by atoms with van der Waals surface area (Å²) in [6.45, 7) is 3.84. The minimum Gasteiger partial charge on any atom is -0.478 e. The molecule has 19 heavy (non-hydrogen) atoms. The first-order valence-corrected chi connectivity index (χ1v) is 6.33. The van der Waals surface area contributed by atoms with E-state index in [9.17, 15) is 4.39 Å². The van der Waals surface area contributed by atoms with Gasteiger partial charge in [0.15, 0.2) is 17.7 Å². The second-order valence-corrected chi connectivity index (χ2v) is 4.56. The lowest BCUT2D eigenvalue weighted by Gasteiger charge is -2.22. The molecule has 3 nitrogen and oxygen atoms in total. The molecule has 0 bridgehead atoms. The van der Waals surface area contributed by atoms with Crippen LogP contribution in [0.1, 0.15) is 30.8 Å². The van der Waals surface area contributed by atoms with Gasteiger partial charge in [-0.25, -0.2) is 4.39 Å². The summed E-state index contributed by atoms with van der Waals surface area (Å²) in [5.41, 5.74) is 6.97. The highest BCUT2D eigenvalue weighted by Crippen LogP contribution is 2.28. The van der Waals surface area contributed by atoms with Gasteiger partial charge in [0.1, 0.15) is 5.76 Å². The normalized spacial score (nSPS) is 14.1. The van der Waals surface area contributed by atoms with Gasteiger partial charge in [0.05, 0.1) is 6.26 Å². The van der Waals surface area contributed by atoms with E-state index < -0.39 is 11.9 Å². The lowest BCUT2D eigenvalue weighted by Crippen LogP contribution is -2.31. The van der Waals surface area contributed by atoms with Crippen molar-refractivity contribution in [1.29, 1.82) is 0 Å². The summed E-state index contributed by atoms with van der Waals surface area (Å²) >= 11 is 0. The second-order valence-electron chi connectivity index (χ2n) is 4.56. The highest BCUT2D eigenvalue weighted by Gasteiger charge is 2.24. The van der Waals surface area contributed by atoms with Gasteiger partial charge in [-0.15, -0.1) is 0 Å². The van der Waals surface area contributed by atoms with E-state index in [1.54, 1.807) is 30.5 Å². The predicted molar refractivity (Wildman–Crippen MR) is 71.5 cm³/mol. The molecule has 0 saturated heterocycles. The van der Waals surface area contributed by atoms with Crippen molar-refractivity contribution in [2.24, 2.45) is 5.73 Å². The standard InChI is InChI=1S/C15H18FNO2/c1-3-12(17)15(13-5-4-8-18-13)19-14-9-10(2)6-7-11(14)16/h4-9,12,15H,3,17H2,1-2H3. The zero-order valence-electron chi connectivity index (χ0n) is 11.1. The third kappa shape index (κ3) is 3.15. The Labute approximate surface area is 112 Å². The topological polar surface area (TPSA) is 48.4 Å². The quantitative estimate of drug-likeness (QED) is 0.896. The minimum absolute atomic E-state index is 0.199. The molecule has 0 spiro atoms. The molecule has 102 valence electrons. The average Bonchev–Trinajstić information content (AvgIpc) is 2.92. The van der Waals surface area contributed by atoms with Crippen LogP contribution in [0.4, 0.5) is 4.39 Å². The smallest absolute Gasteiger partial charge is 0.171 e. The van der Waals surface area contributed by atoms with Crippen LogP contribution in [0, 0.1) is 12.7 Å². The fraction of sp³-hybridized carbons (Fsp3) is 0.333. The van der Waals surface area contributed by atoms with Crippen molar-refractivity contribution in [1.82, 2.24) is 0 Å². The highest BCUT2D eigenvalue weighted by molar-refractivity contribution is 5.30. The first-order chi connectivity index (χ1) is 9.11. The largest absolute Gasteiger partial charge is 0.478 e. The Kier molecular flexibility index (Phi) is 4.22. The van der Waals surface area contributed by atoms with Gasteiger partial charge in [-0.05, 0) is 43.2 Å². The van der Waals surface area contributed by atoms with E-state index in [2.05, 4.69) is 0 Å². The molecule has 0 aliphatic heterocycles. The van der Waals surface area contributed by atoms with Crippen LogP contribution in [0.15, 0.2) is 41.0 Å². The molecule has 0 fully saturated rings. The number of hydrogen-bond acceptors (Lipinski definition) is 3. The van der Waals surface area contributed by atoms with E-state index in [-0.39, 0.29) is 11.8 Å². The molecule has 1 heterocycles. The Bertz CT molecular complexity index is 525.